The van der Waals surface area contributed by atoms with E-state index in [9.17, 15) is 8.42 Å². The molecule has 5 heteroatoms. The van der Waals surface area contributed by atoms with E-state index < -0.39 is 10.1 Å². The van der Waals surface area contributed by atoms with Gasteiger partial charge in [0.15, 0.2) is 0 Å². The van der Waals surface area contributed by atoms with Gasteiger partial charge in [-0.15, -0.1) is 18.2 Å². The maximum Gasteiger partial charge on any atom is 0.287 e. The second-order valence-corrected chi connectivity index (χ2v) is 6.05. The topological polar surface area (TPSA) is 54.4 Å². The molecular weight excluding hydrogens is 320 g/mol. The quantitative estimate of drug-likeness (QED) is 0.500. The van der Waals surface area contributed by atoms with Crippen molar-refractivity contribution in [2.45, 2.75) is 5.38 Å². The van der Waals surface area contributed by atoms with E-state index in [2.05, 4.69) is 6.58 Å². The molecule has 0 saturated heterocycles. The van der Waals surface area contributed by atoms with Gasteiger partial charge in [-0.1, -0.05) is 66.7 Å². The minimum atomic E-state index is -4.00. The Kier molecular flexibility index (Phi) is 7.60. The fourth-order valence-electron chi connectivity index (χ4n) is 1.50. The third-order valence-corrected chi connectivity index (χ3v) is 3.47. The normalized spacial score (nSPS) is 12.3. The van der Waals surface area contributed by atoms with Crippen molar-refractivity contribution in [2.75, 3.05) is 0 Å². The Morgan fingerprint density at radius 2 is 1.50 bits per heavy atom. The molecule has 0 bridgehead atoms. The largest absolute Gasteiger partial charge is 0.287 e. The minimum Gasteiger partial charge on any atom is -0.282 e. The smallest absolute Gasteiger partial charge is 0.282 e. The summed E-state index contributed by atoms with van der Waals surface area (Å²) >= 11 is 5.87. The summed E-state index contributed by atoms with van der Waals surface area (Å²) in [5.41, 5.74) is 1.83. The molecule has 0 aliphatic rings. The molecule has 0 fully saturated rings. The van der Waals surface area contributed by atoms with Crippen LogP contribution in [0, 0.1) is 0 Å². The molecule has 116 valence electrons. The predicted molar refractivity (Wildman–Crippen MR) is 92.3 cm³/mol. The molecule has 0 heterocycles. The van der Waals surface area contributed by atoms with Gasteiger partial charge in [0.2, 0.25) is 0 Å². The number of rotatable bonds is 4. The standard InChI is InChI=1S/C9H9Cl.C8H8O3S/c1-2-9(10)8-6-4-3-5-7-8;9-12(10,11)7-6-8-4-2-1-3-5-8/h2-7,9H,1H2;1-7H,(H,9,10,11). The second kappa shape index (κ2) is 9.20. The van der Waals surface area contributed by atoms with Crippen LogP contribution in [-0.4, -0.2) is 13.0 Å². The lowest BCUT2D eigenvalue weighted by Gasteiger charge is -2.01. The van der Waals surface area contributed by atoms with E-state index in [1.807, 2.05) is 36.4 Å². The number of benzene rings is 2. The van der Waals surface area contributed by atoms with E-state index in [1.54, 1.807) is 30.3 Å². The van der Waals surface area contributed by atoms with Gasteiger partial charge in [-0.05, 0) is 17.2 Å². The minimum absolute atomic E-state index is 0.0544. The number of halogens is 1. The van der Waals surface area contributed by atoms with Crippen LogP contribution in [0.4, 0.5) is 0 Å². The van der Waals surface area contributed by atoms with Crippen LogP contribution in [-0.2, 0) is 10.1 Å². The summed E-state index contributed by atoms with van der Waals surface area (Å²) in [5, 5.41) is 0.698. The van der Waals surface area contributed by atoms with E-state index in [4.69, 9.17) is 16.2 Å². The van der Waals surface area contributed by atoms with Gasteiger partial charge < -0.3 is 0 Å². The van der Waals surface area contributed by atoms with Crippen molar-refractivity contribution in [2.24, 2.45) is 0 Å². The molecule has 1 N–H and O–H groups in total. The highest BCUT2D eigenvalue weighted by molar-refractivity contribution is 7.88. The number of alkyl halides is 1. The number of hydrogen-bond donors (Lipinski definition) is 1. The SMILES string of the molecule is C=CC(Cl)c1ccccc1.O=S(=O)(O)C=Cc1ccccc1. The first-order valence-corrected chi connectivity index (χ1v) is 8.38. The molecule has 0 aliphatic carbocycles. The fraction of sp³-hybridized carbons (Fsp3) is 0.0588. The van der Waals surface area contributed by atoms with Gasteiger partial charge in [0.05, 0.1) is 10.8 Å². The fourth-order valence-corrected chi connectivity index (χ4v) is 1.98. The van der Waals surface area contributed by atoms with E-state index in [0.29, 0.717) is 0 Å². The molecule has 2 rings (SSSR count). The Hall–Kier alpha value is -1.88. The lowest BCUT2D eigenvalue weighted by atomic mass is 10.1. The first kappa shape index (κ1) is 18.2. The molecule has 22 heavy (non-hydrogen) atoms. The Balaban J connectivity index is 0.000000224. The van der Waals surface area contributed by atoms with Crippen LogP contribution in [0.5, 0.6) is 0 Å². The van der Waals surface area contributed by atoms with E-state index >= 15 is 0 Å². The van der Waals surface area contributed by atoms with Crippen LogP contribution in [0.15, 0.2) is 78.7 Å². The van der Waals surface area contributed by atoms with Crippen LogP contribution in [0.2, 0.25) is 0 Å². The summed E-state index contributed by atoms with van der Waals surface area (Å²) in [6, 6.07) is 18.7. The zero-order chi connectivity index (χ0) is 16.4. The summed E-state index contributed by atoms with van der Waals surface area (Å²) in [5.74, 6) is 0. The van der Waals surface area contributed by atoms with Crippen molar-refractivity contribution in [1.29, 1.82) is 0 Å². The molecule has 0 aromatic heterocycles. The van der Waals surface area contributed by atoms with Crippen molar-refractivity contribution in [1.82, 2.24) is 0 Å². The first-order chi connectivity index (χ1) is 10.4. The number of allylic oxidation sites excluding steroid dienone is 1. The number of hydrogen-bond acceptors (Lipinski definition) is 2. The molecule has 1 unspecified atom stereocenters. The van der Waals surface area contributed by atoms with Gasteiger partial charge in [0.1, 0.15) is 0 Å². The van der Waals surface area contributed by atoms with Crippen molar-refractivity contribution in [3.63, 3.8) is 0 Å². The van der Waals surface area contributed by atoms with Crippen LogP contribution in [0.3, 0.4) is 0 Å². The molecule has 2 aromatic carbocycles. The second-order valence-electron chi connectivity index (χ2n) is 4.28. The van der Waals surface area contributed by atoms with Crippen LogP contribution in [0.1, 0.15) is 16.5 Å². The van der Waals surface area contributed by atoms with Crippen LogP contribution < -0.4 is 0 Å². The molecule has 0 amide bonds. The van der Waals surface area contributed by atoms with Crippen molar-refractivity contribution in [3.8, 4) is 0 Å². The molecule has 0 saturated carbocycles. The molecular formula is C17H17ClO3S. The van der Waals surface area contributed by atoms with E-state index in [1.165, 1.54) is 6.08 Å². The maximum atomic E-state index is 10.3. The molecule has 1 atom stereocenters. The summed E-state index contributed by atoms with van der Waals surface area (Å²) < 4.78 is 28.9. The first-order valence-electron chi connectivity index (χ1n) is 6.44. The third-order valence-electron chi connectivity index (χ3n) is 2.56. The molecule has 0 aliphatic heterocycles. The van der Waals surface area contributed by atoms with Crippen LogP contribution >= 0.6 is 11.6 Å². The Morgan fingerprint density at radius 1 is 1.00 bits per heavy atom. The average Bonchev–Trinajstić information content (AvgIpc) is 2.54. The summed E-state index contributed by atoms with van der Waals surface area (Å²) in [4.78, 5) is 0. The predicted octanol–water partition coefficient (Wildman–Crippen LogP) is 4.70. The Labute approximate surface area is 136 Å². The highest BCUT2D eigenvalue weighted by Gasteiger charge is 1.98. The van der Waals surface area contributed by atoms with Gasteiger partial charge in [0.25, 0.3) is 10.1 Å². The van der Waals surface area contributed by atoms with Crippen LogP contribution in [0.25, 0.3) is 6.08 Å². The lowest BCUT2D eigenvalue weighted by molar-refractivity contribution is 0.494. The van der Waals surface area contributed by atoms with Gasteiger partial charge in [0, 0.05) is 0 Å². The summed E-state index contributed by atoms with van der Waals surface area (Å²) in [7, 11) is -4.00. The van der Waals surface area contributed by atoms with Crippen molar-refractivity contribution < 1.29 is 13.0 Å². The van der Waals surface area contributed by atoms with Crippen molar-refractivity contribution in [3.05, 3.63) is 89.9 Å². The van der Waals surface area contributed by atoms with Gasteiger partial charge in [-0.25, -0.2) is 0 Å². The Bertz CT molecular complexity index is 695. The summed E-state index contributed by atoms with van der Waals surface area (Å²) in [6.45, 7) is 3.61. The zero-order valence-electron chi connectivity index (χ0n) is 11.8. The van der Waals surface area contributed by atoms with E-state index in [-0.39, 0.29) is 5.38 Å². The molecule has 0 radical (unpaired) electrons. The molecule has 2 aromatic rings. The Morgan fingerprint density at radius 3 is 1.95 bits per heavy atom. The van der Waals surface area contributed by atoms with Gasteiger partial charge in [-0.2, -0.15) is 8.42 Å². The van der Waals surface area contributed by atoms with Gasteiger partial charge in [-0.3, -0.25) is 4.55 Å². The van der Waals surface area contributed by atoms with Gasteiger partial charge >= 0.3 is 0 Å². The highest BCUT2D eigenvalue weighted by atomic mass is 35.5. The van der Waals surface area contributed by atoms with Crippen molar-refractivity contribution >= 4 is 27.8 Å². The molecule has 3 nitrogen and oxygen atoms in total. The monoisotopic (exact) mass is 336 g/mol. The zero-order valence-corrected chi connectivity index (χ0v) is 13.4. The summed E-state index contributed by atoms with van der Waals surface area (Å²) in [6.07, 6.45) is 3.05. The lowest BCUT2D eigenvalue weighted by Crippen LogP contribution is -1.88. The molecule has 0 spiro atoms. The average molecular weight is 337 g/mol. The van der Waals surface area contributed by atoms with E-state index in [0.717, 1.165) is 16.5 Å². The highest BCUT2D eigenvalue weighted by Crippen LogP contribution is 2.19. The third kappa shape index (κ3) is 7.78. The maximum absolute atomic E-state index is 10.3.